The van der Waals surface area contributed by atoms with Gasteiger partial charge in [0.1, 0.15) is 12.2 Å². The maximum atomic E-state index is 13.5. The quantitative estimate of drug-likeness (QED) is 0.104. The monoisotopic (exact) mass is 529 g/mol. The molecule has 0 radical (unpaired) electrons. The fourth-order valence-electron chi connectivity index (χ4n) is 5.75. The number of hydrogen-bond donors (Lipinski definition) is 0. The van der Waals surface area contributed by atoms with Gasteiger partial charge in [-0.25, -0.2) is 0 Å². The third-order valence-corrected chi connectivity index (χ3v) is 9.50. The SMILES string of the molecule is CCCCC(CC)CC(O[P+](=O)OC(CC(CC)CCCC)C(CC)CCCC)C(CC)CCCC. The third kappa shape index (κ3) is 16.1. The van der Waals surface area contributed by atoms with Gasteiger partial charge in [0.05, 0.1) is 0 Å². The predicted molar refractivity (Wildman–Crippen MR) is 160 cm³/mol. The van der Waals surface area contributed by atoms with E-state index in [1.165, 1.54) is 77.0 Å². The normalized spacial score (nSPS) is 17.4. The van der Waals surface area contributed by atoms with E-state index >= 15 is 0 Å². The summed E-state index contributed by atoms with van der Waals surface area (Å²) in [5.74, 6) is 2.24. The Kier molecular flexibility index (Phi) is 24.1. The molecule has 0 heterocycles. The summed E-state index contributed by atoms with van der Waals surface area (Å²) in [7, 11) is -2.11. The van der Waals surface area contributed by atoms with Gasteiger partial charge < -0.3 is 0 Å². The van der Waals surface area contributed by atoms with Crippen LogP contribution in [0.15, 0.2) is 0 Å². The summed E-state index contributed by atoms with van der Waals surface area (Å²) in [4.78, 5) is 0. The van der Waals surface area contributed by atoms with Crippen molar-refractivity contribution in [1.82, 2.24) is 0 Å². The molecule has 0 N–H and O–H groups in total. The largest absolute Gasteiger partial charge is 0.697 e. The van der Waals surface area contributed by atoms with E-state index in [0.29, 0.717) is 23.7 Å². The van der Waals surface area contributed by atoms with Gasteiger partial charge in [0, 0.05) is 4.57 Å². The van der Waals surface area contributed by atoms with Gasteiger partial charge in [-0.1, -0.05) is 145 Å². The molecule has 0 aliphatic heterocycles. The van der Waals surface area contributed by atoms with Crippen molar-refractivity contribution < 1.29 is 13.6 Å². The van der Waals surface area contributed by atoms with Gasteiger partial charge in [-0.05, 0) is 49.4 Å². The van der Waals surface area contributed by atoms with E-state index in [-0.39, 0.29) is 12.2 Å². The number of unbranched alkanes of at least 4 members (excludes halogenated alkanes) is 4. The Balaban J connectivity index is 5.60. The zero-order valence-corrected chi connectivity index (χ0v) is 26.8. The Morgan fingerprint density at radius 3 is 1.11 bits per heavy atom. The zero-order chi connectivity index (χ0) is 27.2. The van der Waals surface area contributed by atoms with Crippen LogP contribution in [0.2, 0.25) is 0 Å². The van der Waals surface area contributed by atoms with E-state index in [2.05, 4.69) is 55.4 Å². The molecule has 216 valence electrons. The molecule has 0 fully saturated rings. The summed E-state index contributed by atoms with van der Waals surface area (Å²) < 4.78 is 26.4. The van der Waals surface area contributed by atoms with Gasteiger partial charge in [-0.2, -0.15) is 0 Å². The zero-order valence-electron chi connectivity index (χ0n) is 25.9. The summed E-state index contributed by atoms with van der Waals surface area (Å²) in [6.45, 7) is 18.2. The van der Waals surface area contributed by atoms with E-state index in [1.54, 1.807) is 0 Å². The number of rotatable bonds is 26. The first-order valence-electron chi connectivity index (χ1n) is 16.2. The van der Waals surface area contributed by atoms with E-state index in [0.717, 1.165) is 38.5 Å². The highest BCUT2D eigenvalue weighted by Crippen LogP contribution is 2.40. The topological polar surface area (TPSA) is 35.5 Å². The molecule has 0 aliphatic rings. The van der Waals surface area contributed by atoms with Crippen LogP contribution in [0.25, 0.3) is 0 Å². The highest BCUT2D eigenvalue weighted by molar-refractivity contribution is 7.33. The Morgan fingerprint density at radius 1 is 0.500 bits per heavy atom. The van der Waals surface area contributed by atoms with Crippen LogP contribution in [0.4, 0.5) is 0 Å². The lowest BCUT2D eigenvalue weighted by Crippen LogP contribution is -2.28. The van der Waals surface area contributed by atoms with Crippen molar-refractivity contribution >= 4 is 8.25 Å². The Hall–Kier alpha value is 0.0200. The molecule has 0 aliphatic carbocycles. The lowest BCUT2D eigenvalue weighted by atomic mass is 9.85. The van der Waals surface area contributed by atoms with E-state index in [4.69, 9.17) is 9.05 Å². The van der Waals surface area contributed by atoms with Gasteiger partial charge in [0.2, 0.25) is 0 Å². The maximum Gasteiger partial charge on any atom is 0.697 e. The third-order valence-electron chi connectivity index (χ3n) is 8.62. The van der Waals surface area contributed by atoms with Crippen LogP contribution in [-0.2, 0) is 13.6 Å². The predicted octanol–water partition coefficient (Wildman–Crippen LogP) is 12.1. The van der Waals surface area contributed by atoms with E-state index < -0.39 is 8.25 Å². The summed E-state index contributed by atoms with van der Waals surface area (Å²) >= 11 is 0. The summed E-state index contributed by atoms with van der Waals surface area (Å²) in [5.41, 5.74) is 0. The molecule has 3 nitrogen and oxygen atoms in total. The van der Waals surface area contributed by atoms with E-state index in [9.17, 15) is 4.57 Å². The Bertz CT molecular complexity index is 456. The minimum atomic E-state index is -2.11. The summed E-state index contributed by atoms with van der Waals surface area (Å²) in [6.07, 6.45) is 21.4. The lowest BCUT2D eigenvalue weighted by Gasteiger charge is -2.27. The standard InChI is InChI=1S/C32H66O3P/c1-9-17-21-27(13-5)25-31(29(15-7)23-19-11-3)34-36(33)35-32(30(16-8)24-20-12-4)26-28(14-6)22-18-10-2/h27-32H,9-26H2,1-8H3/q+1. The van der Waals surface area contributed by atoms with Crippen molar-refractivity contribution in [3.63, 3.8) is 0 Å². The van der Waals surface area contributed by atoms with Crippen LogP contribution < -0.4 is 0 Å². The molecule has 0 rings (SSSR count). The van der Waals surface area contributed by atoms with Crippen LogP contribution in [0, 0.1) is 23.7 Å². The highest BCUT2D eigenvalue weighted by Gasteiger charge is 2.38. The molecule has 0 aromatic carbocycles. The van der Waals surface area contributed by atoms with Crippen LogP contribution in [0.3, 0.4) is 0 Å². The van der Waals surface area contributed by atoms with Gasteiger partial charge in [0.25, 0.3) is 0 Å². The minimum Gasteiger partial charge on any atom is -0.115 e. The van der Waals surface area contributed by atoms with E-state index in [1.807, 2.05) is 0 Å². The first-order valence-corrected chi connectivity index (χ1v) is 17.3. The first-order chi connectivity index (χ1) is 17.4. The second-order valence-electron chi connectivity index (χ2n) is 11.4. The molecule has 6 unspecified atom stereocenters. The summed E-state index contributed by atoms with van der Waals surface area (Å²) in [6, 6.07) is 0. The second kappa shape index (κ2) is 24.1. The smallest absolute Gasteiger partial charge is 0.115 e. The van der Waals surface area contributed by atoms with Crippen LogP contribution in [0.5, 0.6) is 0 Å². The minimum absolute atomic E-state index is 0.0467. The fourth-order valence-corrected chi connectivity index (χ4v) is 6.76. The molecule has 4 heteroatoms. The molecule has 36 heavy (non-hydrogen) atoms. The van der Waals surface area contributed by atoms with Gasteiger partial charge in [-0.15, -0.1) is 9.05 Å². The van der Waals surface area contributed by atoms with Crippen molar-refractivity contribution in [2.75, 3.05) is 0 Å². The van der Waals surface area contributed by atoms with Crippen molar-refractivity contribution in [2.45, 2.75) is 183 Å². The first kappa shape index (κ1) is 36.0. The van der Waals surface area contributed by atoms with Gasteiger partial charge in [0.15, 0.2) is 0 Å². The maximum absolute atomic E-state index is 13.5. The molecule has 6 atom stereocenters. The average molecular weight is 530 g/mol. The second-order valence-corrected chi connectivity index (χ2v) is 12.3. The molecule has 0 spiro atoms. The van der Waals surface area contributed by atoms with Crippen molar-refractivity contribution in [3.05, 3.63) is 0 Å². The molecule has 0 amide bonds. The molecular weight excluding hydrogens is 463 g/mol. The van der Waals surface area contributed by atoms with Crippen LogP contribution in [-0.4, -0.2) is 12.2 Å². The molecule has 0 bridgehead atoms. The summed E-state index contributed by atoms with van der Waals surface area (Å²) in [5, 5.41) is 0. The fraction of sp³-hybridized carbons (Fsp3) is 1.00. The molecule has 0 saturated carbocycles. The molecule has 0 saturated heterocycles. The van der Waals surface area contributed by atoms with Crippen molar-refractivity contribution in [3.8, 4) is 0 Å². The molecule has 0 aromatic rings. The van der Waals surface area contributed by atoms with Crippen LogP contribution in [0.1, 0.15) is 171 Å². The lowest BCUT2D eigenvalue weighted by molar-refractivity contribution is 0.0433. The van der Waals surface area contributed by atoms with Gasteiger partial charge >= 0.3 is 8.25 Å². The number of hydrogen-bond acceptors (Lipinski definition) is 3. The Labute approximate surface area is 228 Å². The highest BCUT2D eigenvalue weighted by atomic mass is 31.1. The van der Waals surface area contributed by atoms with Gasteiger partial charge in [-0.3, -0.25) is 0 Å². The van der Waals surface area contributed by atoms with Crippen LogP contribution >= 0.6 is 8.25 Å². The molecule has 0 aromatic heterocycles. The average Bonchev–Trinajstić information content (AvgIpc) is 2.89. The molecular formula is C32H66O3P+. The Morgan fingerprint density at radius 2 is 0.833 bits per heavy atom. The van der Waals surface area contributed by atoms with Crippen molar-refractivity contribution in [2.24, 2.45) is 23.7 Å². The van der Waals surface area contributed by atoms with Crippen molar-refractivity contribution in [1.29, 1.82) is 0 Å².